The summed E-state index contributed by atoms with van der Waals surface area (Å²) in [6.45, 7) is 8.28. The van der Waals surface area contributed by atoms with Gasteiger partial charge in [0.05, 0.1) is 18.8 Å². The molecule has 0 saturated carbocycles. The quantitative estimate of drug-likeness (QED) is 0.539. The van der Waals surface area contributed by atoms with Crippen LogP contribution >= 0.6 is 11.6 Å². The Kier molecular flexibility index (Phi) is 8.57. The number of allylic oxidation sites excluding steroid dienone is 1. The van der Waals surface area contributed by atoms with Crippen molar-refractivity contribution in [2.75, 3.05) is 32.7 Å². The van der Waals surface area contributed by atoms with Crippen molar-refractivity contribution in [3.05, 3.63) is 40.1 Å². The Morgan fingerprint density at radius 1 is 1.14 bits per heavy atom. The first-order chi connectivity index (χ1) is 17.2. The fourth-order valence-electron chi connectivity index (χ4n) is 5.26. The van der Waals surface area contributed by atoms with Crippen LogP contribution in [0, 0.1) is 12.3 Å². The Morgan fingerprint density at radius 3 is 2.53 bits per heavy atom. The summed E-state index contributed by atoms with van der Waals surface area (Å²) in [5, 5.41) is 12.5. The predicted molar refractivity (Wildman–Crippen MR) is 140 cm³/mol. The summed E-state index contributed by atoms with van der Waals surface area (Å²) in [6.07, 6.45) is 3.82. The van der Waals surface area contributed by atoms with Crippen LogP contribution in [0.25, 0.3) is 0 Å². The van der Waals surface area contributed by atoms with Gasteiger partial charge in [-0.3, -0.25) is 15.0 Å². The Labute approximate surface area is 218 Å². The van der Waals surface area contributed by atoms with Gasteiger partial charge in [-0.2, -0.15) is 0 Å². The fourth-order valence-corrected chi connectivity index (χ4v) is 5.42. The zero-order valence-corrected chi connectivity index (χ0v) is 22.2. The summed E-state index contributed by atoms with van der Waals surface area (Å²) < 4.78 is 11.9. The average Bonchev–Trinajstić information content (AvgIpc) is 3.33. The van der Waals surface area contributed by atoms with Gasteiger partial charge in [-0.25, -0.2) is 0 Å². The van der Waals surface area contributed by atoms with Gasteiger partial charge in [0.1, 0.15) is 17.6 Å². The standard InChI is InChI=1S/C27H37ClN4O4/c1-17-15-32(16-18(2)35-17)27(34)26(29)21-6-4-8-23(21)30-14-25(33)31-12-10-20(11-13-31)36-24-9-5-7-22(28)19(24)3/h5,7,9,17-18,20,29-30H,4,6,8,10-16H2,1-3H3/t17-,18+. The number of likely N-dealkylation sites (tertiary alicyclic amines) is 1. The number of morpholine rings is 1. The van der Waals surface area contributed by atoms with Gasteiger partial charge in [0.2, 0.25) is 5.91 Å². The lowest BCUT2D eigenvalue weighted by atomic mass is 10.1. The van der Waals surface area contributed by atoms with Crippen LogP contribution in [-0.2, 0) is 14.3 Å². The number of nitrogens with one attached hydrogen (secondary N) is 2. The Balaban J connectivity index is 1.27. The summed E-state index contributed by atoms with van der Waals surface area (Å²) in [7, 11) is 0. The third-order valence-corrected chi connectivity index (χ3v) is 7.61. The predicted octanol–water partition coefficient (Wildman–Crippen LogP) is 3.70. The van der Waals surface area contributed by atoms with Crippen LogP contribution in [0.1, 0.15) is 51.5 Å². The molecule has 1 aromatic rings. The minimum atomic E-state index is -0.253. The summed E-state index contributed by atoms with van der Waals surface area (Å²) in [5.41, 5.74) is 2.57. The summed E-state index contributed by atoms with van der Waals surface area (Å²) in [6, 6.07) is 5.67. The van der Waals surface area contributed by atoms with E-state index in [4.69, 9.17) is 26.5 Å². The van der Waals surface area contributed by atoms with E-state index in [0.29, 0.717) is 37.6 Å². The van der Waals surface area contributed by atoms with Crippen molar-refractivity contribution in [2.24, 2.45) is 0 Å². The molecule has 0 radical (unpaired) electrons. The lowest BCUT2D eigenvalue weighted by molar-refractivity contribution is -0.136. The summed E-state index contributed by atoms with van der Waals surface area (Å²) in [4.78, 5) is 29.5. The molecule has 36 heavy (non-hydrogen) atoms. The molecule has 2 fully saturated rings. The zero-order valence-electron chi connectivity index (χ0n) is 21.4. The molecule has 2 saturated heterocycles. The van der Waals surface area contributed by atoms with Crippen LogP contribution in [-0.4, -0.2) is 78.4 Å². The fraction of sp³-hybridized carbons (Fsp3) is 0.593. The molecule has 3 aliphatic rings. The van der Waals surface area contributed by atoms with Crippen molar-refractivity contribution in [2.45, 2.75) is 71.2 Å². The van der Waals surface area contributed by atoms with Crippen molar-refractivity contribution in [3.8, 4) is 5.75 Å². The third-order valence-electron chi connectivity index (χ3n) is 7.20. The first kappa shape index (κ1) is 26.5. The minimum Gasteiger partial charge on any atom is -0.490 e. The van der Waals surface area contributed by atoms with Crippen molar-refractivity contribution < 1.29 is 19.1 Å². The van der Waals surface area contributed by atoms with Crippen LogP contribution < -0.4 is 10.1 Å². The highest BCUT2D eigenvalue weighted by Gasteiger charge is 2.31. The second-order valence-corrected chi connectivity index (χ2v) is 10.5. The minimum absolute atomic E-state index is 0.0276. The van der Waals surface area contributed by atoms with Crippen molar-refractivity contribution in [1.29, 1.82) is 5.41 Å². The van der Waals surface area contributed by atoms with Crippen LogP contribution in [0.2, 0.25) is 5.02 Å². The highest BCUT2D eigenvalue weighted by Crippen LogP contribution is 2.28. The number of halogens is 1. The number of ether oxygens (including phenoxy) is 2. The molecular weight excluding hydrogens is 480 g/mol. The Bertz CT molecular complexity index is 1020. The second kappa shape index (κ2) is 11.6. The van der Waals surface area contributed by atoms with E-state index >= 15 is 0 Å². The van der Waals surface area contributed by atoms with Gasteiger partial charge in [-0.15, -0.1) is 0 Å². The van der Waals surface area contributed by atoms with E-state index < -0.39 is 0 Å². The summed E-state index contributed by atoms with van der Waals surface area (Å²) in [5.74, 6) is 0.573. The largest absolute Gasteiger partial charge is 0.490 e. The van der Waals surface area contributed by atoms with Crippen molar-refractivity contribution >= 4 is 29.1 Å². The number of carbonyl (C=O) groups is 2. The van der Waals surface area contributed by atoms with Gasteiger partial charge in [0.25, 0.3) is 5.91 Å². The van der Waals surface area contributed by atoms with E-state index in [1.165, 1.54) is 0 Å². The van der Waals surface area contributed by atoms with Gasteiger partial charge >= 0.3 is 0 Å². The maximum Gasteiger partial charge on any atom is 0.272 e. The highest BCUT2D eigenvalue weighted by molar-refractivity contribution is 6.44. The molecule has 2 aliphatic heterocycles. The van der Waals surface area contributed by atoms with Gasteiger partial charge in [-0.05, 0) is 52.2 Å². The number of amides is 2. The molecule has 0 spiro atoms. The molecule has 2 heterocycles. The molecule has 8 nitrogen and oxygen atoms in total. The molecule has 1 aromatic carbocycles. The van der Waals surface area contributed by atoms with E-state index in [9.17, 15) is 9.59 Å². The first-order valence-electron chi connectivity index (χ1n) is 12.9. The van der Waals surface area contributed by atoms with Crippen LogP contribution in [0.4, 0.5) is 0 Å². The van der Waals surface area contributed by atoms with E-state index in [0.717, 1.165) is 48.3 Å². The second-order valence-electron chi connectivity index (χ2n) is 10.1. The van der Waals surface area contributed by atoms with Crippen LogP contribution in [0.5, 0.6) is 5.75 Å². The number of nitrogens with zero attached hydrogens (tertiary/aromatic N) is 2. The highest BCUT2D eigenvalue weighted by atomic mass is 35.5. The molecule has 2 N–H and O–H groups in total. The number of hydrogen-bond acceptors (Lipinski definition) is 6. The van der Waals surface area contributed by atoms with Gasteiger partial charge < -0.3 is 24.6 Å². The Morgan fingerprint density at radius 2 is 1.83 bits per heavy atom. The maximum atomic E-state index is 13.0. The average molecular weight is 517 g/mol. The number of benzene rings is 1. The maximum absolute atomic E-state index is 13.0. The van der Waals surface area contributed by atoms with Gasteiger partial charge in [-0.1, -0.05) is 17.7 Å². The van der Waals surface area contributed by atoms with Gasteiger partial charge in [0, 0.05) is 60.9 Å². The molecule has 196 valence electrons. The normalized spacial score (nSPS) is 23.1. The molecule has 2 amide bonds. The van der Waals surface area contributed by atoms with E-state index in [-0.39, 0.29) is 42.4 Å². The number of rotatable bonds is 7. The van der Waals surface area contributed by atoms with Gasteiger partial charge in [0.15, 0.2) is 0 Å². The zero-order chi connectivity index (χ0) is 25.8. The number of piperidine rings is 1. The molecule has 4 rings (SSSR count). The number of carbonyl (C=O) groups excluding carboxylic acids is 2. The topological polar surface area (TPSA) is 95.0 Å². The Hall–Kier alpha value is -2.58. The number of hydrogen-bond donors (Lipinski definition) is 2. The monoisotopic (exact) mass is 516 g/mol. The molecule has 1 aliphatic carbocycles. The third kappa shape index (κ3) is 6.21. The van der Waals surface area contributed by atoms with Crippen molar-refractivity contribution in [3.63, 3.8) is 0 Å². The van der Waals surface area contributed by atoms with Crippen LogP contribution in [0.15, 0.2) is 29.5 Å². The van der Waals surface area contributed by atoms with E-state index in [1.54, 1.807) is 4.90 Å². The SMILES string of the molecule is Cc1c(Cl)cccc1OC1CCN(C(=O)CNC2=C(C(=N)C(=O)N3C[C@@H](C)O[C@@H](C)C3)CCC2)CC1. The summed E-state index contributed by atoms with van der Waals surface area (Å²) >= 11 is 6.20. The lowest BCUT2D eigenvalue weighted by Gasteiger charge is -2.35. The molecule has 2 atom stereocenters. The molecule has 0 bridgehead atoms. The first-order valence-corrected chi connectivity index (χ1v) is 13.3. The van der Waals surface area contributed by atoms with E-state index in [2.05, 4.69) is 5.32 Å². The van der Waals surface area contributed by atoms with Crippen LogP contribution in [0.3, 0.4) is 0 Å². The molecule has 0 unspecified atom stereocenters. The molecular formula is C27H37ClN4O4. The molecule has 0 aromatic heterocycles. The van der Waals surface area contributed by atoms with E-state index in [1.807, 2.05) is 43.9 Å². The lowest BCUT2D eigenvalue weighted by Crippen LogP contribution is -2.50. The smallest absolute Gasteiger partial charge is 0.272 e. The molecule has 9 heteroatoms. The van der Waals surface area contributed by atoms with Crippen molar-refractivity contribution in [1.82, 2.24) is 15.1 Å².